The molecule has 112 valence electrons. The second kappa shape index (κ2) is 7.77. The summed E-state index contributed by atoms with van der Waals surface area (Å²) >= 11 is 0. The molecule has 0 aliphatic heterocycles. The fourth-order valence-electron chi connectivity index (χ4n) is 2.39. The van der Waals surface area contributed by atoms with E-state index in [2.05, 4.69) is 65.1 Å². The lowest BCUT2D eigenvalue weighted by atomic mass is 10.1. The number of hydrogen-bond donors (Lipinski definition) is 0. The molecule has 0 fully saturated rings. The van der Waals surface area contributed by atoms with E-state index in [-0.39, 0.29) is 12.2 Å². The molecule has 0 bridgehead atoms. The number of rotatable bonds is 8. The van der Waals surface area contributed by atoms with Crippen LogP contribution < -0.4 is 0 Å². The van der Waals surface area contributed by atoms with Gasteiger partial charge in [0.25, 0.3) is 0 Å². The highest BCUT2D eigenvalue weighted by molar-refractivity contribution is 6.66. The van der Waals surface area contributed by atoms with Gasteiger partial charge in [-0.2, -0.15) is 0 Å². The Kier molecular flexibility index (Phi) is 6.66. The normalized spacial score (nSPS) is 12.2. The maximum atomic E-state index is 6.12. The van der Waals surface area contributed by atoms with Gasteiger partial charge in [0.05, 0.1) is 0 Å². The molecule has 20 heavy (non-hydrogen) atoms. The molecule has 3 heteroatoms. The molecule has 0 radical (unpaired) electrons. The second-order valence-electron chi connectivity index (χ2n) is 5.92. The third-order valence-corrected chi connectivity index (χ3v) is 6.12. The minimum Gasteiger partial charge on any atom is -0.392 e. The first-order valence-electron chi connectivity index (χ1n) is 7.41. The van der Waals surface area contributed by atoms with Crippen molar-refractivity contribution in [3.63, 3.8) is 0 Å². The molecule has 0 saturated carbocycles. The highest BCUT2D eigenvalue weighted by Gasteiger charge is 2.33. The van der Waals surface area contributed by atoms with Crippen molar-refractivity contribution in [1.82, 2.24) is 0 Å². The summed E-state index contributed by atoms with van der Waals surface area (Å²) in [5, 5.41) is 0. The van der Waals surface area contributed by atoms with Crippen LogP contribution in [0, 0.1) is 0 Å². The van der Waals surface area contributed by atoms with E-state index in [1.54, 1.807) is 0 Å². The molecular formula is C17H28O2Si. The number of aryl methyl sites for hydroxylation is 1. The fraction of sp³-hybridized carbons (Fsp3) is 0.529. The van der Waals surface area contributed by atoms with E-state index in [1.807, 2.05) is 6.08 Å². The highest BCUT2D eigenvalue weighted by Crippen LogP contribution is 2.21. The molecule has 1 rings (SSSR count). The smallest absolute Gasteiger partial charge is 0.335 e. The van der Waals surface area contributed by atoms with Gasteiger partial charge in [0.2, 0.25) is 0 Å². The van der Waals surface area contributed by atoms with Gasteiger partial charge in [-0.25, -0.2) is 0 Å². The minimum absolute atomic E-state index is 0.213. The summed E-state index contributed by atoms with van der Waals surface area (Å²) in [5.41, 5.74) is 2.49. The molecule has 0 atom stereocenters. The van der Waals surface area contributed by atoms with Crippen molar-refractivity contribution in [2.45, 2.75) is 58.9 Å². The number of hydrogen-bond acceptors (Lipinski definition) is 2. The van der Waals surface area contributed by atoms with Crippen LogP contribution in [0.4, 0.5) is 0 Å². The Bertz CT molecular complexity index is 417. The zero-order valence-electron chi connectivity index (χ0n) is 13.5. The van der Waals surface area contributed by atoms with Crippen LogP contribution in [-0.4, -0.2) is 20.8 Å². The van der Waals surface area contributed by atoms with Gasteiger partial charge >= 0.3 is 8.56 Å². The minimum atomic E-state index is -2.11. The quantitative estimate of drug-likeness (QED) is 0.641. The molecule has 2 nitrogen and oxygen atoms in total. The summed E-state index contributed by atoms with van der Waals surface area (Å²) in [4.78, 5) is 0. The van der Waals surface area contributed by atoms with Crippen LogP contribution in [0.2, 0.25) is 12.6 Å². The van der Waals surface area contributed by atoms with Gasteiger partial charge in [-0.1, -0.05) is 36.9 Å². The lowest BCUT2D eigenvalue weighted by molar-refractivity contribution is 0.109. The first-order chi connectivity index (χ1) is 9.34. The summed E-state index contributed by atoms with van der Waals surface area (Å²) in [5.74, 6) is 0. The summed E-state index contributed by atoms with van der Waals surface area (Å²) in [6, 6.07) is 9.48. The molecule has 0 aliphatic rings. The van der Waals surface area contributed by atoms with E-state index in [0.29, 0.717) is 0 Å². The second-order valence-corrected chi connectivity index (χ2v) is 9.16. The Balaban J connectivity index is 2.71. The molecule has 0 N–H and O–H groups in total. The van der Waals surface area contributed by atoms with Crippen LogP contribution in [0.25, 0.3) is 6.08 Å². The molecule has 0 aliphatic carbocycles. The summed E-state index contributed by atoms with van der Waals surface area (Å²) < 4.78 is 12.2. The summed E-state index contributed by atoms with van der Waals surface area (Å²) in [6.45, 7) is 14.3. The van der Waals surface area contributed by atoms with Gasteiger partial charge in [-0.15, -0.1) is 0 Å². The van der Waals surface area contributed by atoms with Crippen LogP contribution in [0.3, 0.4) is 0 Å². The van der Waals surface area contributed by atoms with Gasteiger partial charge in [-0.05, 0) is 57.8 Å². The van der Waals surface area contributed by atoms with Gasteiger partial charge in [0.15, 0.2) is 0 Å². The van der Waals surface area contributed by atoms with E-state index >= 15 is 0 Å². The average Bonchev–Trinajstić information content (AvgIpc) is 2.35. The zero-order valence-corrected chi connectivity index (χ0v) is 14.5. The van der Waals surface area contributed by atoms with Crippen LogP contribution >= 0.6 is 0 Å². The van der Waals surface area contributed by atoms with Crippen LogP contribution in [0.1, 0.15) is 38.8 Å². The largest absolute Gasteiger partial charge is 0.392 e. The lowest BCUT2D eigenvalue weighted by Gasteiger charge is -2.31. The Morgan fingerprint density at radius 2 is 1.75 bits per heavy atom. The van der Waals surface area contributed by atoms with E-state index < -0.39 is 8.56 Å². The molecular weight excluding hydrogens is 264 g/mol. The van der Waals surface area contributed by atoms with Crippen molar-refractivity contribution in [2.75, 3.05) is 0 Å². The topological polar surface area (TPSA) is 18.5 Å². The molecule has 0 aromatic heterocycles. The van der Waals surface area contributed by atoms with Gasteiger partial charge < -0.3 is 8.85 Å². The first-order valence-corrected chi connectivity index (χ1v) is 9.94. The van der Waals surface area contributed by atoms with Crippen molar-refractivity contribution < 1.29 is 8.85 Å². The fourth-order valence-corrected chi connectivity index (χ4v) is 5.42. The Hall–Kier alpha value is -0.903. The summed E-state index contributed by atoms with van der Waals surface area (Å²) in [6.07, 6.45) is 3.30. The van der Waals surface area contributed by atoms with Gasteiger partial charge in [0, 0.05) is 12.2 Å². The lowest BCUT2D eigenvalue weighted by Crippen LogP contribution is -2.43. The van der Waals surface area contributed by atoms with Crippen molar-refractivity contribution in [3.8, 4) is 0 Å². The molecule has 1 aromatic carbocycles. The monoisotopic (exact) mass is 292 g/mol. The molecule has 0 saturated heterocycles. The van der Waals surface area contributed by atoms with Gasteiger partial charge in [0.1, 0.15) is 0 Å². The Morgan fingerprint density at radius 1 is 1.15 bits per heavy atom. The highest BCUT2D eigenvalue weighted by atomic mass is 28.4. The molecule has 0 amide bonds. The molecule has 0 unspecified atom stereocenters. The van der Waals surface area contributed by atoms with Crippen molar-refractivity contribution in [3.05, 3.63) is 42.0 Å². The molecule has 0 heterocycles. The standard InChI is InChI=1S/C17H28O2Si/c1-7-16-9-8-10-17(13-16)11-12-20(6,18-14(2)3)19-15(4)5/h7-10,13-15H,1,11-12H2,2-6H3. The van der Waals surface area contributed by atoms with Gasteiger partial charge in [-0.3, -0.25) is 0 Å². The number of benzene rings is 1. The van der Waals surface area contributed by atoms with Crippen LogP contribution in [0.15, 0.2) is 30.8 Å². The average molecular weight is 292 g/mol. The van der Waals surface area contributed by atoms with E-state index in [1.165, 1.54) is 11.1 Å². The third kappa shape index (κ3) is 6.03. The summed E-state index contributed by atoms with van der Waals surface area (Å²) in [7, 11) is -2.11. The predicted molar refractivity (Wildman–Crippen MR) is 89.1 cm³/mol. The maximum Gasteiger partial charge on any atom is 0.335 e. The maximum absolute atomic E-state index is 6.12. The third-order valence-electron chi connectivity index (χ3n) is 3.02. The Morgan fingerprint density at radius 3 is 2.25 bits per heavy atom. The van der Waals surface area contributed by atoms with E-state index in [0.717, 1.165) is 12.5 Å². The molecule has 0 spiro atoms. The van der Waals surface area contributed by atoms with Crippen molar-refractivity contribution >= 4 is 14.6 Å². The van der Waals surface area contributed by atoms with E-state index in [9.17, 15) is 0 Å². The first kappa shape index (κ1) is 17.1. The van der Waals surface area contributed by atoms with E-state index in [4.69, 9.17) is 8.85 Å². The van der Waals surface area contributed by atoms with Crippen molar-refractivity contribution in [1.29, 1.82) is 0 Å². The van der Waals surface area contributed by atoms with Crippen LogP contribution in [-0.2, 0) is 15.3 Å². The predicted octanol–water partition coefficient (Wildman–Crippen LogP) is 4.79. The Labute approximate surface area is 125 Å². The zero-order chi connectivity index (χ0) is 15.2. The SMILES string of the molecule is C=Cc1cccc(CC[Si](C)(OC(C)C)OC(C)C)c1. The molecule has 1 aromatic rings. The van der Waals surface area contributed by atoms with Crippen molar-refractivity contribution in [2.24, 2.45) is 0 Å². The van der Waals surface area contributed by atoms with Crippen LogP contribution in [0.5, 0.6) is 0 Å².